The number of nitrogens with zero attached hydrogens (tertiary/aromatic N) is 2. The first-order valence-corrected chi connectivity index (χ1v) is 10.7. The van der Waals surface area contributed by atoms with Crippen LogP contribution in [0, 0.1) is 6.92 Å². The molecule has 1 heterocycles. The van der Waals surface area contributed by atoms with Crippen molar-refractivity contribution < 1.29 is 13.2 Å². The summed E-state index contributed by atoms with van der Waals surface area (Å²) in [6, 6.07) is 11.0. The monoisotopic (exact) mass is 434 g/mol. The largest absolute Gasteiger partial charge is 0.287 e. The molecule has 3 aromatic rings. The molecule has 0 fully saturated rings. The van der Waals surface area contributed by atoms with Gasteiger partial charge in [0.2, 0.25) is 0 Å². The zero-order valence-electron chi connectivity index (χ0n) is 15.8. The molecule has 29 heavy (non-hydrogen) atoms. The minimum absolute atomic E-state index is 0.0341. The Hall–Kier alpha value is -2.75. The zero-order valence-corrected chi connectivity index (χ0v) is 17.3. The number of benzene rings is 2. The lowest BCUT2D eigenvalue weighted by Crippen LogP contribution is -2.42. The SMILES string of the molecule is CCCn1nc(C(=O)NNS(=O)(=O)c2ccc(C)cc2Cl)c2ccccc2c1=O. The van der Waals surface area contributed by atoms with Crippen molar-refractivity contribution in [2.75, 3.05) is 0 Å². The second-order valence-corrected chi connectivity index (χ2v) is 8.47. The number of sulfonamides is 1. The Bertz CT molecular complexity index is 1250. The van der Waals surface area contributed by atoms with Gasteiger partial charge >= 0.3 is 0 Å². The predicted octanol–water partition coefficient (Wildman–Crippen LogP) is 2.39. The molecule has 10 heteroatoms. The summed E-state index contributed by atoms with van der Waals surface area (Å²) in [5, 5.41) is 4.81. The summed E-state index contributed by atoms with van der Waals surface area (Å²) in [6.07, 6.45) is 0.644. The van der Waals surface area contributed by atoms with Crippen LogP contribution in [-0.2, 0) is 16.6 Å². The van der Waals surface area contributed by atoms with Gasteiger partial charge in [-0.1, -0.05) is 42.8 Å². The molecular weight excluding hydrogens is 416 g/mol. The van der Waals surface area contributed by atoms with Crippen LogP contribution < -0.4 is 15.8 Å². The third-order valence-electron chi connectivity index (χ3n) is 4.19. The van der Waals surface area contributed by atoms with Gasteiger partial charge in [-0.2, -0.15) is 5.10 Å². The van der Waals surface area contributed by atoms with Crippen molar-refractivity contribution in [2.24, 2.45) is 0 Å². The van der Waals surface area contributed by atoms with Gasteiger partial charge in [-0.15, -0.1) is 4.83 Å². The molecule has 2 aromatic carbocycles. The molecule has 0 bridgehead atoms. The van der Waals surface area contributed by atoms with Gasteiger partial charge in [0.25, 0.3) is 21.5 Å². The molecule has 0 radical (unpaired) electrons. The fraction of sp³-hybridized carbons (Fsp3) is 0.211. The lowest BCUT2D eigenvalue weighted by molar-refractivity contribution is 0.0939. The van der Waals surface area contributed by atoms with E-state index in [1.807, 2.05) is 11.8 Å². The van der Waals surface area contributed by atoms with E-state index < -0.39 is 15.9 Å². The average Bonchev–Trinajstić information content (AvgIpc) is 2.68. The van der Waals surface area contributed by atoms with Gasteiger partial charge in [0.1, 0.15) is 4.90 Å². The van der Waals surface area contributed by atoms with E-state index in [0.717, 1.165) is 5.56 Å². The molecule has 0 aliphatic carbocycles. The highest BCUT2D eigenvalue weighted by atomic mass is 35.5. The number of amides is 1. The molecule has 0 spiro atoms. The lowest BCUT2D eigenvalue weighted by Gasteiger charge is -2.12. The Kier molecular flexibility index (Phi) is 6.02. The molecule has 152 valence electrons. The number of hydrogen-bond donors (Lipinski definition) is 2. The topological polar surface area (TPSA) is 110 Å². The van der Waals surface area contributed by atoms with Gasteiger partial charge < -0.3 is 0 Å². The quantitative estimate of drug-likeness (QED) is 0.579. The summed E-state index contributed by atoms with van der Waals surface area (Å²) in [4.78, 5) is 27.1. The van der Waals surface area contributed by atoms with Crippen molar-refractivity contribution in [2.45, 2.75) is 31.7 Å². The van der Waals surface area contributed by atoms with Crippen molar-refractivity contribution in [3.63, 3.8) is 0 Å². The molecule has 3 rings (SSSR count). The molecular formula is C19H19ClN4O4S. The Morgan fingerprint density at radius 3 is 2.52 bits per heavy atom. The van der Waals surface area contributed by atoms with Gasteiger partial charge in [0.05, 0.1) is 10.4 Å². The minimum Gasteiger partial charge on any atom is -0.272 e. The summed E-state index contributed by atoms with van der Waals surface area (Å²) in [5.74, 6) is -0.794. The summed E-state index contributed by atoms with van der Waals surface area (Å²) in [6.45, 7) is 3.98. The predicted molar refractivity (Wildman–Crippen MR) is 110 cm³/mol. The molecule has 0 atom stereocenters. The van der Waals surface area contributed by atoms with Crippen LogP contribution in [0.15, 0.2) is 52.2 Å². The number of halogens is 1. The highest BCUT2D eigenvalue weighted by Gasteiger charge is 2.21. The minimum atomic E-state index is -4.10. The second-order valence-electron chi connectivity index (χ2n) is 6.42. The molecule has 0 saturated carbocycles. The van der Waals surface area contributed by atoms with Gasteiger partial charge in [0.15, 0.2) is 5.69 Å². The third kappa shape index (κ3) is 4.31. The maximum Gasteiger partial charge on any atom is 0.287 e. The van der Waals surface area contributed by atoms with Crippen molar-refractivity contribution >= 4 is 38.3 Å². The van der Waals surface area contributed by atoms with E-state index in [1.54, 1.807) is 37.3 Å². The Morgan fingerprint density at radius 1 is 1.17 bits per heavy atom. The maximum atomic E-state index is 12.7. The van der Waals surface area contributed by atoms with Crippen LogP contribution in [0.5, 0.6) is 0 Å². The van der Waals surface area contributed by atoms with Crippen molar-refractivity contribution in [1.29, 1.82) is 0 Å². The van der Waals surface area contributed by atoms with E-state index in [9.17, 15) is 18.0 Å². The number of hydrogen-bond acceptors (Lipinski definition) is 5. The van der Waals surface area contributed by atoms with Crippen LogP contribution in [0.1, 0.15) is 29.4 Å². The second kappa shape index (κ2) is 8.32. The van der Waals surface area contributed by atoms with Gasteiger partial charge in [-0.3, -0.25) is 15.0 Å². The summed E-state index contributed by atoms with van der Waals surface area (Å²) >= 11 is 6.02. The summed E-state index contributed by atoms with van der Waals surface area (Å²) < 4.78 is 26.2. The highest BCUT2D eigenvalue weighted by molar-refractivity contribution is 7.89. The van der Waals surface area contributed by atoms with E-state index in [-0.39, 0.29) is 21.2 Å². The zero-order chi connectivity index (χ0) is 21.2. The number of rotatable bonds is 6. The lowest BCUT2D eigenvalue weighted by atomic mass is 10.1. The molecule has 0 aliphatic rings. The van der Waals surface area contributed by atoms with E-state index in [1.165, 1.54) is 16.8 Å². The average molecular weight is 435 g/mol. The number of aromatic nitrogens is 2. The molecule has 1 aromatic heterocycles. The van der Waals surface area contributed by atoms with Crippen molar-refractivity contribution in [1.82, 2.24) is 20.0 Å². The van der Waals surface area contributed by atoms with Crippen molar-refractivity contribution in [3.8, 4) is 0 Å². The highest BCUT2D eigenvalue weighted by Crippen LogP contribution is 2.22. The number of carbonyl (C=O) groups excluding carboxylic acids is 1. The van der Waals surface area contributed by atoms with E-state index in [2.05, 4.69) is 10.5 Å². The van der Waals surface area contributed by atoms with Crippen LogP contribution in [0.4, 0.5) is 0 Å². The van der Waals surface area contributed by atoms with Crippen LogP contribution in [0.3, 0.4) is 0 Å². The van der Waals surface area contributed by atoms with Crippen LogP contribution in [0.25, 0.3) is 10.8 Å². The fourth-order valence-electron chi connectivity index (χ4n) is 2.82. The van der Waals surface area contributed by atoms with Crippen molar-refractivity contribution in [3.05, 3.63) is 69.1 Å². The number of carbonyl (C=O) groups is 1. The summed E-state index contributed by atoms with van der Waals surface area (Å²) in [5.41, 5.74) is 2.57. The fourth-order valence-corrected chi connectivity index (χ4v) is 4.26. The Labute approximate surface area is 172 Å². The Morgan fingerprint density at radius 2 is 1.86 bits per heavy atom. The molecule has 0 unspecified atom stereocenters. The third-order valence-corrected chi connectivity index (χ3v) is 5.92. The van der Waals surface area contributed by atoms with Crippen LogP contribution in [-0.4, -0.2) is 24.1 Å². The summed E-state index contributed by atoms with van der Waals surface area (Å²) in [7, 11) is -4.10. The molecule has 0 aliphatic heterocycles. The first-order valence-electron chi connectivity index (χ1n) is 8.82. The molecule has 1 amide bonds. The van der Waals surface area contributed by atoms with Gasteiger partial charge in [-0.05, 0) is 37.1 Å². The molecule has 8 nitrogen and oxygen atoms in total. The van der Waals surface area contributed by atoms with Crippen LogP contribution >= 0.6 is 11.6 Å². The number of nitrogens with one attached hydrogen (secondary N) is 2. The number of hydrazine groups is 1. The normalized spacial score (nSPS) is 11.6. The smallest absolute Gasteiger partial charge is 0.272 e. The van der Waals surface area contributed by atoms with Gasteiger partial charge in [-0.25, -0.2) is 13.1 Å². The van der Waals surface area contributed by atoms with Crippen LogP contribution in [0.2, 0.25) is 5.02 Å². The van der Waals surface area contributed by atoms with E-state index >= 15 is 0 Å². The molecule has 2 N–H and O–H groups in total. The molecule has 0 saturated heterocycles. The first-order chi connectivity index (χ1) is 13.7. The van der Waals surface area contributed by atoms with E-state index in [0.29, 0.717) is 23.7 Å². The van der Waals surface area contributed by atoms with Gasteiger partial charge in [0, 0.05) is 11.9 Å². The maximum absolute atomic E-state index is 12.7. The first kappa shape index (κ1) is 21.0. The Balaban J connectivity index is 1.94. The van der Waals surface area contributed by atoms with E-state index in [4.69, 9.17) is 11.6 Å². The number of fused-ring (bicyclic) bond motifs is 1. The number of aryl methyl sites for hydroxylation is 2. The standard InChI is InChI=1S/C19H19ClN4O4S/c1-3-10-24-19(26)14-7-5-4-6-13(14)17(22-24)18(25)21-23-29(27,28)16-9-8-12(2)11-15(16)20/h4-9,11,23H,3,10H2,1-2H3,(H,21,25).